The predicted octanol–water partition coefficient (Wildman–Crippen LogP) is 1.81. The molecule has 1 fully saturated rings. The Morgan fingerprint density at radius 1 is 1.19 bits per heavy atom. The Balaban J connectivity index is 1.84. The summed E-state index contributed by atoms with van der Waals surface area (Å²) in [6.07, 6.45) is 2.05. The summed E-state index contributed by atoms with van der Waals surface area (Å²) >= 11 is 0. The highest BCUT2D eigenvalue weighted by Crippen LogP contribution is 2.25. The molecule has 140 valence electrons. The van der Waals surface area contributed by atoms with Crippen LogP contribution in [0.3, 0.4) is 0 Å². The van der Waals surface area contributed by atoms with Crippen LogP contribution in [-0.4, -0.2) is 49.9 Å². The molecule has 1 aliphatic heterocycles. The van der Waals surface area contributed by atoms with Crippen LogP contribution < -0.4 is 10.6 Å². The molecule has 0 saturated carbocycles. The number of rotatable bonds is 6. The van der Waals surface area contributed by atoms with Crippen molar-refractivity contribution >= 4 is 15.8 Å². The summed E-state index contributed by atoms with van der Waals surface area (Å²) in [6, 6.07) is 10.4. The average molecular weight is 375 g/mol. The van der Waals surface area contributed by atoms with Crippen LogP contribution in [0.4, 0.5) is 5.82 Å². The van der Waals surface area contributed by atoms with Gasteiger partial charge in [0.1, 0.15) is 11.6 Å². The van der Waals surface area contributed by atoms with Gasteiger partial charge in [0.15, 0.2) is 0 Å². The Hall–Kier alpha value is -2.03. The highest BCUT2D eigenvalue weighted by molar-refractivity contribution is 7.89. The minimum atomic E-state index is -3.57. The summed E-state index contributed by atoms with van der Waals surface area (Å²) in [4.78, 5) is 9.39. The van der Waals surface area contributed by atoms with Crippen molar-refractivity contribution in [3.05, 3.63) is 47.9 Å². The van der Waals surface area contributed by atoms with E-state index in [0.717, 1.165) is 31.6 Å². The Morgan fingerprint density at radius 2 is 1.88 bits per heavy atom. The standard InChI is InChI=1S/C18H25N5O2S/c1-19-17-12-16(14-8-10-20-11-9-14)21-18(22-17)13-23(2)26(24,25)15-6-4-3-5-7-15/h3-7,12,14,20H,8-11,13H2,1-2H3,(H,19,21,22). The zero-order valence-corrected chi connectivity index (χ0v) is 16.0. The lowest BCUT2D eigenvalue weighted by atomic mass is 9.94. The lowest BCUT2D eigenvalue weighted by Crippen LogP contribution is -2.29. The molecule has 1 aliphatic rings. The molecule has 2 aromatic rings. The van der Waals surface area contributed by atoms with Gasteiger partial charge in [0.2, 0.25) is 10.0 Å². The Kier molecular flexibility index (Phi) is 5.85. The van der Waals surface area contributed by atoms with Crippen molar-refractivity contribution in [2.24, 2.45) is 0 Å². The number of hydrogen-bond acceptors (Lipinski definition) is 6. The second-order valence-electron chi connectivity index (χ2n) is 6.44. The number of sulfonamides is 1. The third kappa shape index (κ3) is 4.20. The fourth-order valence-corrected chi connectivity index (χ4v) is 4.25. The van der Waals surface area contributed by atoms with Gasteiger partial charge >= 0.3 is 0 Å². The first kappa shape index (κ1) is 18.8. The van der Waals surface area contributed by atoms with Crippen LogP contribution in [0.25, 0.3) is 0 Å². The molecule has 2 N–H and O–H groups in total. The molecule has 0 spiro atoms. The zero-order chi connectivity index (χ0) is 18.6. The summed E-state index contributed by atoms with van der Waals surface area (Å²) in [5, 5.41) is 6.41. The van der Waals surface area contributed by atoms with Gasteiger partial charge in [0.25, 0.3) is 0 Å². The molecule has 0 bridgehead atoms. The number of nitrogens with zero attached hydrogens (tertiary/aromatic N) is 3. The lowest BCUT2D eigenvalue weighted by molar-refractivity contribution is 0.440. The molecule has 3 rings (SSSR count). The van der Waals surface area contributed by atoms with E-state index in [4.69, 9.17) is 0 Å². The van der Waals surface area contributed by atoms with Crippen LogP contribution in [0.1, 0.15) is 30.3 Å². The van der Waals surface area contributed by atoms with E-state index in [1.807, 2.05) is 13.1 Å². The molecule has 0 radical (unpaired) electrons. The SMILES string of the molecule is CNc1cc(C2CCNCC2)nc(CN(C)S(=O)(=O)c2ccccc2)n1. The molecule has 1 aromatic heterocycles. The maximum absolute atomic E-state index is 12.7. The van der Waals surface area contributed by atoms with Crippen molar-refractivity contribution in [1.29, 1.82) is 0 Å². The second kappa shape index (κ2) is 8.11. The van der Waals surface area contributed by atoms with Gasteiger partial charge in [0, 0.05) is 31.8 Å². The molecule has 0 atom stereocenters. The molecule has 2 heterocycles. The summed E-state index contributed by atoms with van der Waals surface area (Å²) in [7, 11) is -0.206. The third-order valence-electron chi connectivity index (χ3n) is 4.62. The van der Waals surface area contributed by atoms with Crippen molar-refractivity contribution < 1.29 is 8.42 Å². The minimum Gasteiger partial charge on any atom is -0.373 e. The Labute approximate surface area is 154 Å². The predicted molar refractivity (Wildman–Crippen MR) is 102 cm³/mol. The second-order valence-corrected chi connectivity index (χ2v) is 8.49. The highest BCUT2D eigenvalue weighted by atomic mass is 32.2. The quantitative estimate of drug-likeness (QED) is 0.801. The molecule has 0 unspecified atom stereocenters. The lowest BCUT2D eigenvalue weighted by Gasteiger charge is -2.23. The largest absolute Gasteiger partial charge is 0.373 e. The van der Waals surface area contributed by atoms with Crippen molar-refractivity contribution in [3.8, 4) is 0 Å². The molecule has 0 amide bonds. The molecule has 8 heteroatoms. The van der Waals surface area contributed by atoms with Gasteiger partial charge < -0.3 is 10.6 Å². The fourth-order valence-electron chi connectivity index (χ4n) is 3.10. The van der Waals surface area contributed by atoms with Gasteiger partial charge in [-0.2, -0.15) is 4.31 Å². The normalized spacial score (nSPS) is 16.0. The van der Waals surface area contributed by atoms with Crippen LogP contribution in [0.5, 0.6) is 0 Å². The van der Waals surface area contributed by atoms with E-state index in [0.29, 0.717) is 17.6 Å². The van der Waals surface area contributed by atoms with Gasteiger partial charge in [-0.15, -0.1) is 0 Å². The number of anilines is 1. The first-order chi connectivity index (χ1) is 12.5. The van der Waals surface area contributed by atoms with E-state index in [-0.39, 0.29) is 11.4 Å². The van der Waals surface area contributed by atoms with Crippen molar-refractivity contribution in [2.45, 2.75) is 30.2 Å². The molecule has 0 aliphatic carbocycles. The van der Waals surface area contributed by atoms with E-state index in [9.17, 15) is 8.42 Å². The first-order valence-corrected chi connectivity index (χ1v) is 10.2. The highest BCUT2D eigenvalue weighted by Gasteiger charge is 2.23. The van der Waals surface area contributed by atoms with E-state index < -0.39 is 10.0 Å². The fraction of sp³-hybridized carbons (Fsp3) is 0.444. The Bertz CT molecular complexity index is 836. The minimum absolute atomic E-state index is 0.130. The number of hydrogen-bond donors (Lipinski definition) is 2. The van der Waals surface area contributed by atoms with Crippen LogP contribution in [0.15, 0.2) is 41.3 Å². The van der Waals surface area contributed by atoms with Crippen LogP contribution in [0, 0.1) is 0 Å². The van der Waals surface area contributed by atoms with Crippen molar-refractivity contribution in [3.63, 3.8) is 0 Å². The van der Waals surface area contributed by atoms with Gasteiger partial charge in [-0.3, -0.25) is 0 Å². The summed E-state index contributed by atoms with van der Waals surface area (Å²) in [6.45, 7) is 2.08. The van der Waals surface area contributed by atoms with E-state index in [2.05, 4.69) is 20.6 Å². The maximum atomic E-state index is 12.7. The molecule has 7 nitrogen and oxygen atoms in total. The summed E-state index contributed by atoms with van der Waals surface area (Å²) < 4.78 is 26.7. The zero-order valence-electron chi connectivity index (χ0n) is 15.1. The molecule has 26 heavy (non-hydrogen) atoms. The molecule has 1 saturated heterocycles. The monoisotopic (exact) mass is 375 g/mol. The average Bonchev–Trinajstić information content (AvgIpc) is 2.69. The van der Waals surface area contributed by atoms with Crippen LogP contribution in [0.2, 0.25) is 0 Å². The first-order valence-electron chi connectivity index (χ1n) is 8.78. The van der Waals surface area contributed by atoms with Gasteiger partial charge in [-0.25, -0.2) is 18.4 Å². The number of piperidine rings is 1. The summed E-state index contributed by atoms with van der Waals surface area (Å²) in [5.74, 6) is 1.60. The van der Waals surface area contributed by atoms with E-state index in [1.54, 1.807) is 37.4 Å². The Morgan fingerprint density at radius 3 is 2.54 bits per heavy atom. The van der Waals surface area contributed by atoms with Crippen LogP contribution >= 0.6 is 0 Å². The molecule has 1 aromatic carbocycles. The number of benzene rings is 1. The van der Waals surface area contributed by atoms with Gasteiger partial charge in [0.05, 0.1) is 11.4 Å². The van der Waals surface area contributed by atoms with Crippen molar-refractivity contribution in [1.82, 2.24) is 19.6 Å². The maximum Gasteiger partial charge on any atom is 0.243 e. The molecular weight excluding hydrogens is 350 g/mol. The van der Waals surface area contributed by atoms with Crippen LogP contribution in [-0.2, 0) is 16.6 Å². The molecular formula is C18H25N5O2S. The van der Waals surface area contributed by atoms with Crippen molar-refractivity contribution in [2.75, 3.05) is 32.5 Å². The van der Waals surface area contributed by atoms with Gasteiger partial charge in [-0.1, -0.05) is 18.2 Å². The van der Waals surface area contributed by atoms with Gasteiger partial charge in [-0.05, 0) is 38.1 Å². The number of nitrogens with one attached hydrogen (secondary N) is 2. The van der Waals surface area contributed by atoms with E-state index >= 15 is 0 Å². The summed E-state index contributed by atoms with van der Waals surface area (Å²) in [5.41, 5.74) is 0.978. The topological polar surface area (TPSA) is 87.2 Å². The van der Waals surface area contributed by atoms with E-state index in [1.165, 1.54) is 4.31 Å². The smallest absolute Gasteiger partial charge is 0.243 e. The third-order valence-corrected chi connectivity index (χ3v) is 6.44. The number of aromatic nitrogens is 2.